The van der Waals surface area contributed by atoms with Gasteiger partial charge in [0.05, 0.1) is 6.42 Å². The first kappa shape index (κ1) is 15.0. The van der Waals surface area contributed by atoms with E-state index in [4.69, 9.17) is 23.1 Å². The number of halogens is 2. The lowest BCUT2D eigenvalue weighted by Crippen LogP contribution is -2.16. The summed E-state index contributed by atoms with van der Waals surface area (Å²) in [4.78, 5) is 23.3. The largest absolute Gasteiger partial charge is 0.398 e. The van der Waals surface area contributed by atoms with Crippen LogP contribution >= 0.6 is 11.6 Å². The summed E-state index contributed by atoms with van der Waals surface area (Å²) in [5.74, 6) is -1.76. The minimum Gasteiger partial charge on any atom is -0.398 e. The summed E-state index contributed by atoms with van der Waals surface area (Å²) in [6, 6.07) is 8.27. The Labute approximate surface area is 125 Å². The number of anilines is 1. The first-order valence-corrected chi connectivity index (χ1v) is 6.42. The van der Waals surface area contributed by atoms with Crippen molar-refractivity contribution in [2.75, 3.05) is 5.73 Å². The van der Waals surface area contributed by atoms with Gasteiger partial charge < -0.3 is 11.5 Å². The van der Waals surface area contributed by atoms with Gasteiger partial charge >= 0.3 is 0 Å². The Kier molecular flexibility index (Phi) is 4.23. The number of rotatable bonds is 4. The van der Waals surface area contributed by atoms with E-state index in [0.717, 1.165) is 12.1 Å². The van der Waals surface area contributed by atoms with Crippen LogP contribution in [0.1, 0.15) is 21.5 Å². The van der Waals surface area contributed by atoms with Crippen molar-refractivity contribution in [3.8, 4) is 0 Å². The molecule has 0 saturated carbocycles. The fourth-order valence-electron chi connectivity index (χ4n) is 1.95. The predicted molar refractivity (Wildman–Crippen MR) is 78.6 cm³/mol. The number of nitrogen functional groups attached to an aromatic ring is 1. The number of hydrogen-bond donors (Lipinski definition) is 2. The van der Waals surface area contributed by atoms with Crippen LogP contribution < -0.4 is 11.5 Å². The topological polar surface area (TPSA) is 86.2 Å². The molecule has 6 heteroatoms. The standard InChI is InChI=1S/C15H12ClFN2O2/c16-10-3-1-8(2-4-10)15(21)12-7-11(17)5-9(14(12)19)6-13(18)20/h1-5,7H,6,19H2,(H2,18,20). The van der Waals surface area contributed by atoms with Crippen LogP contribution in [0.4, 0.5) is 10.1 Å². The molecule has 0 radical (unpaired) electrons. The van der Waals surface area contributed by atoms with Gasteiger partial charge in [-0.05, 0) is 42.0 Å². The number of amides is 1. The van der Waals surface area contributed by atoms with E-state index in [2.05, 4.69) is 0 Å². The van der Waals surface area contributed by atoms with Crippen LogP contribution in [0, 0.1) is 5.82 Å². The summed E-state index contributed by atoms with van der Waals surface area (Å²) >= 11 is 5.75. The van der Waals surface area contributed by atoms with Gasteiger partial charge in [0, 0.05) is 21.8 Å². The first-order valence-electron chi connectivity index (χ1n) is 6.05. The SMILES string of the molecule is NC(=O)Cc1cc(F)cc(C(=O)c2ccc(Cl)cc2)c1N. The minimum absolute atomic E-state index is 0.00595. The van der Waals surface area contributed by atoms with Gasteiger partial charge in [0.25, 0.3) is 0 Å². The molecule has 0 aliphatic heterocycles. The molecule has 0 fully saturated rings. The maximum absolute atomic E-state index is 13.6. The lowest BCUT2D eigenvalue weighted by Gasteiger charge is -2.10. The van der Waals surface area contributed by atoms with Crippen molar-refractivity contribution < 1.29 is 14.0 Å². The lowest BCUT2D eigenvalue weighted by atomic mass is 9.97. The second-order valence-corrected chi connectivity index (χ2v) is 4.94. The monoisotopic (exact) mass is 306 g/mol. The molecule has 2 rings (SSSR count). The van der Waals surface area contributed by atoms with Crippen molar-refractivity contribution in [2.24, 2.45) is 5.73 Å². The number of nitrogens with two attached hydrogens (primary N) is 2. The van der Waals surface area contributed by atoms with Gasteiger partial charge in [0.1, 0.15) is 5.82 Å². The van der Waals surface area contributed by atoms with E-state index in [9.17, 15) is 14.0 Å². The average molecular weight is 307 g/mol. The summed E-state index contributed by atoms with van der Waals surface area (Å²) < 4.78 is 13.6. The van der Waals surface area contributed by atoms with Crippen LogP contribution in [-0.4, -0.2) is 11.7 Å². The summed E-state index contributed by atoms with van der Waals surface area (Å²) in [7, 11) is 0. The number of primary amides is 1. The zero-order valence-corrected chi connectivity index (χ0v) is 11.7. The molecule has 2 aromatic rings. The molecule has 0 saturated heterocycles. The third-order valence-electron chi connectivity index (χ3n) is 2.95. The van der Waals surface area contributed by atoms with E-state index in [1.807, 2.05) is 0 Å². The molecule has 0 atom stereocenters. The molecular formula is C15H12ClFN2O2. The van der Waals surface area contributed by atoms with Crippen LogP contribution in [0.3, 0.4) is 0 Å². The van der Waals surface area contributed by atoms with Crippen LogP contribution in [0.5, 0.6) is 0 Å². The highest BCUT2D eigenvalue weighted by molar-refractivity contribution is 6.30. The Balaban J connectivity index is 2.47. The van der Waals surface area contributed by atoms with E-state index in [0.29, 0.717) is 10.6 Å². The van der Waals surface area contributed by atoms with Gasteiger partial charge in [-0.3, -0.25) is 9.59 Å². The Morgan fingerprint density at radius 3 is 2.33 bits per heavy atom. The maximum atomic E-state index is 13.6. The van der Waals surface area contributed by atoms with Gasteiger partial charge in [-0.25, -0.2) is 4.39 Å². The molecule has 0 spiro atoms. The molecule has 4 nitrogen and oxygen atoms in total. The van der Waals surface area contributed by atoms with Crippen LogP contribution in [0.15, 0.2) is 36.4 Å². The number of carbonyl (C=O) groups is 2. The van der Waals surface area contributed by atoms with Crippen molar-refractivity contribution in [1.82, 2.24) is 0 Å². The number of benzene rings is 2. The van der Waals surface area contributed by atoms with Crippen LogP contribution in [0.2, 0.25) is 5.02 Å². The third-order valence-corrected chi connectivity index (χ3v) is 3.20. The third kappa shape index (κ3) is 3.38. The average Bonchev–Trinajstić information content (AvgIpc) is 2.42. The Bertz CT molecular complexity index is 714. The number of carbonyl (C=O) groups excluding carboxylic acids is 2. The molecule has 0 aliphatic rings. The zero-order chi connectivity index (χ0) is 15.6. The second-order valence-electron chi connectivity index (χ2n) is 4.51. The molecule has 108 valence electrons. The molecule has 21 heavy (non-hydrogen) atoms. The minimum atomic E-state index is -0.655. The van der Waals surface area contributed by atoms with Gasteiger partial charge in [-0.15, -0.1) is 0 Å². The Morgan fingerprint density at radius 1 is 1.14 bits per heavy atom. The molecule has 4 N–H and O–H groups in total. The van der Waals surface area contributed by atoms with Gasteiger partial charge in [-0.2, -0.15) is 0 Å². The van der Waals surface area contributed by atoms with Crippen LogP contribution in [-0.2, 0) is 11.2 Å². The van der Waals surface area contributed by atoms with Crippen molar-refractivity contribution in [1.29, 1.82) is 0 Å². The van der Waals surface area contributed by atoms with E-state index in [1.54, 1.807) is 12.1 Å². The first-order chi connectivity index (χ1) is 9.88. The van der Waals surface area contributed by atoms with E-state index < -0.39 is 17.5 Å². The lowest BCUT2D eigenvalue weighted by molar-refractivity contribution is -0.117. The molecule has 0 aliphatic carbocycles. The highest BCUT2D eigenvalue weighted by Crippen LogP contribution is 2.24. The summed E-state index contributed by atoms with van der Waals surface area (Å²) in [5.41, 5.74) is 11.5. The highest BCUT2D eigenvalue weighted by Gasteiger charge is 2.17. The fourth-order valence-corrected chi connectivity index (χ4v) is 2.08. The summed E-state index contributed by atoms with van der Waals surface area (Å²) in [6.07, 6.45) is -0.232. The van der Waals surface area contributed by atoms with Crippen molar-refractivity contribution >= 4 is 29.0 Å². The highest BCUT2D eigenvalue weighted by atomic mass is 35.5. The molecule has 1 amide bonds. The van der Waals surface area contributed by atoms with E-state index in [1.165, 1.54) is 12.1 Å². The summed E-state index contributed by atoms with van der Waals surface area (Å²) in [5, 5.41) is 0.480. The molecule has 0 bridgehead atoms. The number of hydrogen-bond acceptors (Lipinski definition) is 3. The quantitative estimate of drug-likeness (QED) is 0.671. The number of ketones is 1. The molecule has 2 aromatic carbocycles. The normalized spacial score (nSPS) is 10.4. The fraction of sp³-hybridized carbons (Fsp3) is 0.0667. The zero-order valence-electron chi connectivity index (χ0n) is 10.9. The maximum Gasteiger partial charge on any atom is 0.221 e. The van der Waals surface area contributed by atoms with Gasteiger partial charge in [0.2, 0.25) is 5.91 Å². The molecule has 0 heterocycles. The van der Waals surface area contributed by atoms with Crippen molar-refractivity contribution in [3.05, 3.63) is 63.9 Å². The summed E-state index contributed by atoms with van der Waals surface area (Å²) in [6.45, 7) is 0. The van der Waals surface area contributed by atoms with Gasteiger partial charge in [0.15, 0.2) is 5.78 Å². The van der Waals surface area contributed by atoms with Crippen molar-refractivity contribution in [2.45, 2.75) is 6.42 Å². The Morgan fingerprint density at radius 2 is 1.76 bits per heavy atom. The van der Waals surface area contributed by atoms with E-state index in [-0.39, 0.29) is 23.2 Å². The molecule has 0 unspecified atom stereocenters. The molecule has 0 aromatic heterocycles. The van der Waals surface area contributed by atoms with E-state index >= 15 is 0 Å². The van der Waals surface area contributed by atoms with Crippen molar-refractivity contribution in [3.63, 3.8) is 0 Å². The Hall–Kier alpha value is -2.40. The van der Waals surface area contributed by atoms with Gasteiger partial charge in [-0.1, -0.05) is 11.6 Å². The second kappa shape index (κ2) is 5.93. The molecular weight excluding hydrogens is 295 g/mol. The smallest absolute Gasteiger partial charge is 0.221 e. The predicted octanol–water partition coefficient (Wildman–Crippen LogP) is 2.32. The van der Waals surface area contributed by atoms with Crippen LogP contribution in [0.25, 0.3) is 0 Å².